The molecule has 1 amide bonds. The third-order valence-electron chi connectivity index (χ3n) is 3.57. The molecule has 0 aliphatic carbocycles. The van der Waals surface area contributed by atoms with Gasteiger partial charge in [-0.3, -0.25) is 4.79 Å². The topological polar surface area (TPSA) is 64.6 Å². The lowest BCUT2D eigenvalue weighted by Gasteiger charge is -2.20. The number of nitrogens with one attached hydrogen (secondary N) is 1. The molecule has 2 aromatic carbocycles. The van der Waals surface area contributed by atoms with Gasteiger partial charge in [0.25, 0.3) is 0 Å². The summed E-state index contributed by atoms with van der Waals surface area (Å²) in [4.78, 5) is 24.4. The Labute approximate surface area is 141 Å². The molecule has 1 atom stereocenters. The zero-order valence-electron chi connectivity index (χ0n) is 13.8. The van der Waals surface area contributed by atoms with E-state index in [9.17, 15) is 9.59 Å². The van der Waals surface area contributed by atoms with Gasteiger partial charge in [0.1, 0.15) is 5.75 Å². The summed E-state index contributed by atoms with van der Waals surface area (Å²) < 4.78 is 10.3. The Morgan fingerprint density at radius 3 is 2.38 bits per heavy atom. The van der Waals surface area contributed by atoms with Crippen molar-refractivity contribution in [3.63, 3.8) is 0 Å². The smallest absolute Gasteiger partial charge is 0.407 e. The van der Waals surface area contributed by atoms with Gasteiger partial charge in [0, 0.05) is 17.5 Å². The predicted molar refractivity (Wildman–Crippen MR) is 91.3 cm³/mol. The van der Waals surface area contributed by atoms with E-state index in [1.54, 1.807) is 32.2 Å². The molecule has 0 radical (unpaired) electrons. The van der Waals surface area contributed by atoms with Crippen molar-refractivity contribution in [3.05, 3.63) is 65.7 Å². The highest BCUT2D eigenvalue weighted by molar-refractivity contribution is 5.96. The second-order valence-electron chi connectivity index (χ2n) is 5.15. The minimum atomic E-state index is -0.561. The summed E-state index contributed by atoms with van der Waals surface area (Å²) in [5.74, 6) is 0.545. The summed E-state index contributed by atoms with van der Waals surface area (Å²) >= 11 is 0. The van der Waals surface area contributed by atoms with Crippen LogP contribution in [0, 0.1) is 0 Å². The summed E-state index contributed by atoms with van der Waals surface area (Å²) in [6.07, 6.45) is -0.447. The fourth-order valence-electron chi connectivity index (χ4n) is 2.44. The number of ether oxygens (including phenoxy) is 2. The molecule has 0 spiro atoms. The van der Waals surface area contributed by atoms with Crippen LogP contribution in [0.15, 0.2) is 54.6 Å². The molecule has 1 N–H and O–H groups in total. The van der Waals surface area contributed by atoms with Crippen LogP contribution in [0.2, 0.25) is 0 Å². The number of hydrogen-bond acceptors (Lipinski definition) is 4. The summed E-state index contributed by atoms with van der Waals surface area (Å²) in [6, 6.07) is 15.7. The van der Waals surface area contributed by atoms with Crippen LogP contribution < -0.4 is 10.1 Å². The van der Waals surface area contributed by atoms with Gasteiger partial charge < -0.3 is 14.8 Å². The fraction of sp³-hybridized carbons (Fsp3) is 0.263. The summed E-state index contributed by atoms with van der Waals surface area (Å²) in [7, 11) is 1.55. The molecule has 0 saturated carbocycles. The van der Waals surface area contributed by atoms with Gasteiger partial charge in [-0.25, -0.2) is 4.79 Å². The number of carbonyl (C=O) groups is 2. The third-order valence-corrected chi connectivity index (χ3v) is 3.57. The maximum Gasteiger partial charge on any atom is 0.407 e. The molecule has 5 heteroatoms. The highest BCUT2D eigenvalue weighted by Gasteiger charge is 2.22. The van der Waals surface area contributed by atoms with Crippen molar-refractivity contribution in [2.24, 2.45) is 0 Å². The van der Waals surface area contributed by atoms with Crippen molar-refractivity contribution in [3.8, 4) is 5.75 Å². The molecule has 0 aliphatic rings. The number of amides is 1. The zero-order valence-corrected chi connectivity index (χ0v) is 13.8. The molecule has 0 aromatic heterocycles. The standard InChI is InChI=1S/C19H21NO4/c1-3-24-19(22)20-16(15-11-7-8-12-18(15)23-2)13-17(21)14-9-5-4-6-10-14/h4-12,16H,3,13H2,1-2H3,(H,20,22). The largest absolute Gasteiger partial charge is 0.496 e. The lowest BCUT2D eigenvalue weighted by Crippen LogP contribution is -2.31. The minimum Gasteiger partial charge on any atom is -0.496 e. The van der Waals surface area contributed by atoms with Gasteiger partial charge in [-0.05, 0) is 13.0 Å². The van der Waals surface area contributed by atoms with Crippen molar-refractivity contribution in [2.75, 3.05) is 13.7 Å². The molecule has 1 unspecified atom stereocenters. The van der Waals surface area contributed by atoms with Crippen molar-refractivity contribution in [1.82, 2.24) is 5.32 Å². The Hall–Kier alpha value is -2.82. The molecule has 0 bridgehead atoms. The molecule has 0 fully saturated rings. The van der Waals surface area contributed by atoms with E-state index in [2.05, 4.69) is 5.32 Å². The molecular weight excluding hydrogens is 306 g/mol. The highest BCUT2D eigenvalue weighted by Crippen LogP contribution is 2.28. The number of rotatable bonds is 7. The molecular formula is C19H21NO4. The molecule has 126 valence electrons. The quantitative estimate of drug-likeness (QED) is 0.787. The number of para-hydroxylation sites is 1. The summed E-state index contributed by atoms with van der Waals surface area (Å²) in [5, 5.41) is 2.75. The van der Waals surface area contributed by atoms with E-state index in [0.29, 0.717) is 11.3 Å². The normalized spacial score (nSPS) is 11.4. The van der Waals surface area contributed by atoms with Crippen molar-refractivity contribution in [2.45, 2.75) is 19.4 Å². The Kier molecular flexibility index (Phi) is 6.37. The van der Waals surface area contributed by atoms with Crippen molar-refractivity contribution >= 4 is 11.9 Å². The first-order chi connectivity index (χ1) is 11.7. The zero-order chi connectivity index (χ0) is 17.4. The van der Waals surface area contributed by atoms with Crippen LogP contribution in [-0.4, -0.2) is 25.6 Å². The van der Waals surface area contributed by atoms with Gasteiger partial charge in [-0.2, -0.15) is 0 Å². The van der Waals surface area contributed by atoms with Crippen LogP contribution in [0.1, 0.15) is 35.3 Å². The number of methoxy groups -OCH3 is 1. The molecule has 5 nitrogen and oxygen atoms in total. The second-order valence-corrected chi connectivity index (χ2v) is 5.15. The molecule has 24 heavy (non-hydrogen) atoms. The number of hydrogen-bond donors (Lipinski definition) is 1. The van der Waals surface area contributed by atoms with Crippen LogP contribution >= 0.6 is 0 Å². The fourth-order valence-corrected chi connectivity index (χ4v) is 2.44. The maximum atomic E-state index is 12.5. The first-order valence-corrected chi connectivity index (χ1v) is 7.80. The molecule has 2 rings (SSSR count). The third kappa shape index (κ3) is 4.59. The Morgan fingerprint density at radius 1 is 1.04 bits per heavy atom. The SMILES string of the molecule is CCOC(=O)NC(CC(=O)c1ccccc1)c1ccccc1OC. The van der Waals surface area contributed by atoms with Gasteiger partial charge in [0.2, 0.25) is 0 Å². The number of Topliss-reactive ketones (excluding diaryl/α,β-unsaturated/α-hetero) is 1. The molecule has 0 heterocycles. The average Bonchev–Trinajstić information content (AvgIpc) is 2.62. The van der Waals surface area contributed by atoms with Gasteiger partial charge >= 0.3 is 6.09 Å². The second kappa shape index (κ2) is 8.72. The van der Waals surface area contributed by atoms with Gasteiger partial charge in [-0.1, -0.05) is 48.5 Å². The van der Waals surface area contributed by atoms with Crippen molar-refractivity contribution in [1.29, 1.82) is 0 Å². The Morgan fingerprint density at radius 2 is 1.71 bits per heavy atom. The predicted octanol–water partition coefficient (Wildman–Crippen LogP) is 3.76. The van der Waals surface area contributed by atoms with Gasteiger partial charge in [0.15, 0.2) is 5.78 Å². The summed E-state index contributed by atoms with van der Waals surface area (Å²) in [5.41, 5.74) is 1.33. The monoisotopic (exact) mass is 327 g/mol. The number of ketones is 1. The highest BCUT2D eigenvalue weighted by atomic mass is 16.5. The molecule has 0 saturated heterocycles. The van der Waals surface area contributed by atoms with Crippen molar-refractivity contribution < 1.29 is 19.1 Å². The number of carbonyl (C=O) groups excluding carboxylic acids is 2. The van der Waals surface area contributed by atoms with E-state index in [1.807, 2.05) is 36.4 Å². The minimum absolute atomic E-state index is 0.0664. The van der Waals surface area contributed by atoms with Crippen LogP contribution in [0.25, 0.3) is 0 Å². The van der Waals surface area contributed by atoms with E-state index in [4.69, 9.17) is 9.47 Å². The lowest BCUT2D eigenvalue weighted by atomic mass is 9.97. The van der Waals surface area contributed by atoms with E-state index in [-0.39, 0.29) is 18.8 Å². The Bertz CT molecular complexity index is 685. The van der Waals surface area contributed by atoms with Crippen LogP contribution in [0.4, 0.5) is 4.79 Å². The molecule has 2 aromatic rings. The number of benzene rings is 2. The van der Waals surface area contributed by atoms with E-state index < -0.39 is 12.1 Å². The number of alkyl carbamates (subject to hydrolysis) is 1. The van der Waals surface area contributed by atoms with E-state index in [1.165, 1.54) is 0 Å². The van der Waals surface area contributed by atoms with Gasteiger partial charge in [-0.15, -0.1) is 0 Å². The molecule has 0 aliphatic heterocycles. The summed E-state index contributed by atoms with van der Waals surface area (Å²) in [6.45, 7) is 1.99. The first-order valence-electron chi connectivity index (χ1n) is 7.80. The van der Waals surface area contributed by atoms with E-state index >= 15 is 0 Å². The van der Waals surface area contributed by atoms with Crippen LogP contribution in [-0.2, 0) is 4.74 Å². The van der Waals surface area contributed by atoms with Crippen LogP contribution in [0.3, 0.4) is 0 Å². The Balaban J connectivity index is 2.25. The average molecular weight is 327 g/mol. The maximum absolute atomic E-state index is 12.5. The lowest BCUT2D eigenvalue weighted by molar-refractivity contribution is 0.0965. The first kappa shape index (κ1) is 17.5. The van der Waals surface area contributed by atoms with Crippen LogP contribution in [0.5, 0.6) is 5.75 Å². The van der Waals surface area contributed by atoms with E-state index in [0.717, 1.165) is 5.56 Å². The van der Waals surface area contributed by atoms with Gasteiger partial charge in [0.05, 0.1) is 19.8 Å².